The van der Waals surface area contributed by atoms with Gasteiger partial charge in [-0.25, -0.2) is 4.98 Å². The molecule has 25 heavy (non-hydrogen) atoms. The summed E-state index contributed by atoms with van der Waals surface area (Å²) in [5, 5.41) is 8.42. The zero-order valence-corrected chi connectivity index (χ0v) is 15.2. The van der Waals surface area contributed by atoms with E-state index in [-0.39, 0.29) is 5.56 Å². The molecule has 1 aromatic carbocycles. The highest BCUT2D eigenvalue weighted by atomic mass is 32.1. The molecule has 0 radical (unpaired) electrons. The minimum absolute atomic E-state index is 0.117. The second-order valence-electron chi connectivity index (χ2n) is 6.34. The summed E-state index contributed by atoms with van der Waals surface area (Å²) in [6.45, 7) is 5.92. The molecule has 1 aliphatic rings. The van der Waals surface area contributed by atoms with Gasteiger partial charge in [0.15, 0.2) is 0 Å². The number of fused-ring (bicyclic) bond motifs is 2. The molecule has 6 nitrogen and oxygen atoms in total. The lowest BCUT2D eigenvalue weighted by Gasteiger charge is -2.24. The molecule has 130 valence electrons. The molecule has 0 fully saturated rings. The van der Waals surface area contributed by atoms with Crippen molar-refractivity contribution < 1.29 is 0 Å². The van der Waals surface area contributed by atoms with Crippen molar-refractivity contribution in [2.24, 2.45) is 0 Å². The van der Waals surface area contributed by atoms with E-state index in [9.17, 15) is 4.79 Å². The molecule has 2 aromatic heterocycles. The van der Waals surface area contributed by atoms with Gasteiger partial charge in [0, 0.05) is 36.6 Å². The fraction of sp³-hybridized carbons (Fsp3) is 0.389. The number of benzene rings is 1. The second kappa shape index (κ2) is 6.48. The number of rotatable bonds is 5. The summed E-state index contributed by atoms with van der Waals surface area (Å²) < 4.78 is 1.37. The van der Waals surface area contributed by atoms with E-state index < -0.39 is 0 Å². The van der Waals surface area contributed by atoms with Gasteiger partial charge in [-0.1, -0.05) is 36.5 Å². The summed E-state index contributed by atoms with van der Waals surface area (Å²) in [7, 11) is 0. The minimum atomic E-state index is -0.117. The van der Waals surface area contributed by atoms with Crippen molar-refractivity contribution in [2.45, 2.75) is 32.7 Å². The summed E-state index contributed by atoms with van der Waals surface area (Å²) >= 11 is 1.42. The van der Waals surface area contributed by atoms with Crippen LogP contribution in [0.5, 0.6) is 0 Å². The quantitative estimate of drug-likeness (QED) is 0.762. The summed E-state index contributed by atoms with van der Waals surface area (Å²) in [6, 6.07) is 10.6. The van der Waals surface area contributed by atoms with Crippen molar-refractivity contribution in [3.8, 4) is 0 Å². The first-order valence-corrected chi connectivity index (χ1v) is 9.45. The van der Waals surface area contributed by atoms with Crippen LogP contribution >= 0.6 is 11.3 Å². The summed E-state index contributed by atoms with van der Waals surface area (Å²) in [5.41, 5.74) is 3.43. The van der Waals surface area contributed by atoms with Crippen molar-refractivity contribution in [3.63, 3.8) is 0 Å². The Bertz CT molecular complexity index is 963. The molecule has 1 aliphatic heterocycles. The zero-order valence-electron chi connectivity index (χ0n) is 14.4. The van der Waals surface area contributed by atoms with Crippen LogP contribution in [0.4, 0.5) is 10.8 Å². The molecule has 0 bridgehead atoms. The van der Waals surface area contributed by atoms with Crippen molar-refractivity contribution in [3.05, 3.63) is 51.9 Å². The van der Waals surface area contributed by atoms with Crippen LogP contribution in [0.1, 0.15) is 25.1 Å². The Morgan fingerprint density at radius 2 is 2.20 bits per heavy atom. The largest absolute Gasteiger partial charge is 0.367 e. The number of nitrogens with one attached hydrogen (secondary N) is 1. The number of hydrogen-bond donors (Lipinski definition) is 1. The van der Waals surface area contributed by atoms with E-state index in [0.717, 1.165) is 36.8 Å². The number of aromatic nitrogens is 3. The molecule has 3 aromatic rings. The molecule has 7 heteroatoms. The third kappa shape index (κ3) is 3.00. The average Bonchev–Trinajstić information content (AvgIpc) is 3.16. The van der Waals surface area contributed by atoms with Gasteiger partial charge >= 0.3 is 0 Å². The Kier molecular flexibility index (Phi) is 4.17. The van der Waals surface area contributed by atoms with E-state index in [1.54, 1.807) is 6.07 Å². The summed E-state index contributed by atoms with van der Waals surface area (Å²) in [5.74, 6) is 0. The molecule has 1 N–H and O–H groups in total. The van der Waals surface area contributed by atoms with Crippen molar-refractivity contribution in [2.75, 3.05) is 23.3 Å². The Labute approximate surface area is 150 Å². The van der Waals surface area contributed by atoms with Gasteiger partial charge in [0.25, 0.3) is 5.56 Å². The van der Waals surface area contributed by atoms with Crippen molar-refractivity contribution in [1.82, 2.24) is 14.6 Å². The highest BCUT2D eigenvalue weighted by molar-refractivity contribution is 7.20. The molecule has 1 atom stereocenters. The maximum absolute atomic E-state index is 12.1. The summed E-state index contributed by atoms with van der Waals surface area (Å²) in [4.78, 5) is 19.6. The van der Waals surface area contributed by atoms with Crippen LogP contribution in [0.2, 0.25) is 0 Å². The standard InChI is InChI=1S/C18H21N5OS/c1-3-14-11-16(24)23-18(20-14)25-17(21-23)19-8-9-22-12(2)10-13-6-4-5-7-15(13)22/h4-7,11-12H,3,8-10H2,1-2H3,(H,19,21). The lowest BCUT2D eigenvalue weighted by atomic mass is 10.1. The predicted octanol–water partition coefficient (Wildman–Crippen LogP) is 2.58. The average molecular weight is 355 g/mol. The highest BCUT2D eigenvalue weighted by Crippen LogP contribution is 2.31. The fourth-order valence-corrected chi connectivity index (χ4v) is 4.21. The van der Waals surface area contributed by atoms with Crippen LogP contribution in [0, 0.1) is 0 Å². The van der Waals surface area contributed by atoms with Crippen LogP contribution in [-0.4, -0.2) is 33.7 Å². The molecule has 0 saturated heterocycles. The van der Waals surface area contributed by atoms with Gasteiger partial charge in [0.1, 0.15) is 0 Å². The number of hydrogen-bond acceptors (Lipinski definition) is 6. The first-order chi connectivity index (χ1) is 12.2. The lowest BCUT2D eigenvalue weighted by Crippen LogP contribution is -2.33. The van der Waals surface area contributed by atoms with Crippen LogP contribution in [0.15, 0.2) is 35.1 Å². The normalized spacial score (nSPS) is 16.4. The van der Waals surface area contributed by atoms with E-state index in [2.05, 4.69) is 51.5 Å². The molecule has 3 heterocycles. The number of aryl methyl sites for hydroxylation is 1. The van der Waals surface area contributed by atoms with Gasteiger partial charge in [-0.3, -0.25) is 4.79 Å². The van der Waals surface area contributed by atoms with Gasteiger partial charge in [0.2, 0.25) is 10.1 Å². The highest BCUT2D eigenvalue weighted by Gasteiger charge is 2.24. The molecule has 4 rings (SSSR count). The monoisotopic (exact) mass is 355 g/mol. The Balaban J connectivity index is 1.46. The molecule has 0 aliphatic carbocycles. The van der Waals surface area contributed by atoms with E-state index in [1.807, 2.05) is 6.92 Å². The van der Waals surface area contributed by atoms with Crippen LogP contribution in [0.25, 0.3) is 4.96 Å². The fourth-order valence-electron chi connectivity index (χ4n) is 3.36. The van der Waals surface area contributed by atoms with Gasteiger partial charge in [-0.2, -0.15) is 4.52 Å². The SMILES string of the molecule is CCc1cc(=O)n2nc(NCCN3c4ccccc4CC3C)sc2n1. The van der Waals surface area contributed by atoms with Gasteiger partial charge in [0.05, 0.1) is 0 Å². The van der Waals surface area contributed by atoms with Crippen LogP contribution in [-0.2, 0) is 12.8 Å². The maximum Gasteiger partial charge on any atom is 0.275 e. The van der Waals surface area contributed by atoms with E-state index in [4.69, 9.17) is 0 Å². The lowest BCUT2D eigenvalue weighted by molar-refractivity contribution is 0.680. The second-order valence-corrected chi connectivity index (χ2v) is 7.30. The third-order valence-corrected chi connectivity index (χ3v) is 5.50. The van der Waals surface area contributed by atoms with Gasteiger partial charge < -0.3 is 10.2 Å². The smallest absolute Gasteiger partial charge is 0.275 e. The van der Waals surface area contributed by atoms with Gasteiger partial charge in [-0.05, 0) is 31.4 Å². The van der Waals surface area contributed by atoms with E-state index >= 15 is 0 Å². The third-order valence-electron chi connectivity index (χ3n) is 4.64. The Morgan fingerprint density at radius 3 is 3.04 bits per heavy atom. The van der Waals surface area contributed by atoms with Crippen molar-refractivity contribution >= 4 is 27.1 Å². The Hall–Kier alpha value is -2.41. The number of nitrogens with zero attached hydrogens (tertiary/aromatic N) is 4. The summed E-state index contributed by atoms with van der Waals surface area (Å²) in [6.07, 6.45) is 1.84. The Morgan fingerprint density at radius 1 is 1.36 bits per heavy atom. The maximum atomic E-state index is 12.1. The van der Waals surface area contributed by atoms with Crippen LogP contribution in [0.3, 0.4) is 0 Å². The molecule has 1 unspecified atom stereocenters. The van der Waals surface area contributed by atoms with Gasteiger partial charge in [-0.15, -0.1) is 5.10 Å². The predicted molar refractivity (Wildman–Crippen MR) is 102 cm³/mol. The van der Waals surface area contributed by atoms with Crippen LogP contribution < -0.4 is 15.8 Å². The van der Waals surface area contributed by atoms with E-state index in [1.165, 1.54) is 27.1 Å². The number of para-hydroxylation sites is 1. The molecular formula is C18H21N5OS. The molecular weight excluding hydrogens is 334 g/mol. The zero-order chi connectivity index (χ0) is 17.4. The first-order valence-electron chi connectivity index (χ1n) is 8.64. The minimum Gasteiger partial charge on any atom is -0.367 e. The topological polar surface area (TPSA) is 62.5 Å². The number of anilines is 2. The first kappa shape index (κ1) is 16.1. The molecule has 0 spiro atoms. The van der Waals surface area contributed by atoms with E-state index in [0.29, 0.717) is 11.0 Å². The molecule has 0 saturated carbocycles. The molecule has 0 amide bonds. The van der Waals surface area contributed by atoms with Crippen molar-refractivity contribution in [1.29, 1.82) is 0 Å².